The molecule has 0 saturated heterocycles. The molecule has 9 heteroatoms. The summed E-state index contributed by atoms with van der Waals surface area (Å²) in [4.78, 5) is 14.1. The molecule has 18 heavy (non-hydrogen) atoms. The van der Waals surface area contributed by atoms with Crippen molar-refractivity contribution in [3.8, 4) is 0 Å². The van der Waals surface area contributed by atoms with Crippen LogP contribution in [0.2, 0.25) is 5.02 Å². The van der Waals surface area contributed by atoms with Crippen molar-refractivity contribution in [2.75, 3.05) is 5.43 Å². The summed E-state index contributed by atoms with van der Waals surface area (Å²) in [5, 5.41) is 14.8. The molecular formula is C9H9ClN6O2. The summed E-state index contributed by atoms with van der Waals surface area (Å²) in [5.74, 6) is 5.69. The van der Waals surface area contributed by atoms with Crippen molar-refractivity contribution in [1.29, 1.82) is 0 Å². The molecule has 2 rings (SSSR count). The van der Waals surface area contributed by atoms with Crippen LogP contribution in [-0.4, -0.2) is 19.7 Å². The van der Waals surface area contributed by atoms with Crippen molar-refractivity contribution in [2.24, 2.45) is 5.84 Å². The summed E-state index contributed by atoms with van der Waals surface area (Å²) in [6, 6.07) is 3.26. The Morgan fingerprint density at radius 2 is 2.33 bits per heavy atom. The topological polar surface area (TPSA) is 112 Å². The second-order valence-corrected chi connectivity index (χ2v) is 3.83. The Balaban J connectivity index is 2.24. The van der Waals surface area contributed by atoms with E-state index in [0.29, 0.717) is 16.5 Å². The zero-order valence-corrected chi connectivity index (χ0v) is 9.83. The molecule has 0 amide bonds. The van der Waals surface area contributed by atoms with E-state index in [4.69, 9.17) is 17.4 Å². The first-order valence-electron chi connectivity index (χ1n) is 4.89. The number of halogens is 1. The van der Waals surface area contributed by atoms with Crippen molar-refractivity contribution < 1.29 is 4.92 Å². The molecule has 0 spiro atoms. The maximum atomic E-state index is 10.5. The van der Waals surface area contributed by atoms with Crippen molar-refractivity contribution in [3.05, 3.63) is 45.4 Å². The first kappa shape index (κ1) is 12.3. The highest BCUT2D eigenvalue weighted by Crippen LogP contribution is 2.18. The second-order valence-electron chi connectivity index (χ2n) is 3.42. The number of hydrogen-bond donors (Lipinski definition) is 2. The van der Waals surface area contributed by atoms with Crippen molar-refractivity contribution in [2.45, 2.75) is 6.54 Å². The van der Waals surface area contributed by atoms with Gasteiger partial charge in [-0.2, -0.15) is 5.10 Å². The third-order valence-corrected chi connectivity index (χ3v) is 2.55. The maximum Gasteiger partial charge on any atom is 0.307 e. The van der Waals surface area contributed by atoms with Crippen LogP contribution in [0.3, 0.4) is 0 Å². The summed E-state index contributed by atoms with van der Waals surface area (Å²) < 4.78 is 1.38. The van der Waals surface area contributed by atoms with E-state index in [2.05, 4.69) is 15.5 Å². The minimum Gasteiger partial charge on any atom is -0.308 e. The Bertz CT molecular complexity index is 584. The molecule has 0 aliphatic carbocycles. The number of pyridine rings is 1. The fraction of sp³-hybridized carbons (Fsp3) is 0.111. The van der Waals surface area contributed by atoms with E-state index in [9.17, 15) is 10.1 Å². The van der Waals surface area contributed by atoms with E-state index in [1.54, 1.807) is 12.1 Å². The molecule has 94 valence electrons. The normalized spacial score (nSPS) is 10.3. The molecular weight excluding hydrogens is 260 g/mol. The maximum absolute atomic E-state index is 10.5. The molecule has 2 aromatic heterocycles. The zero-order valence-electron chi connectivity index (χ0n) is 9.08. The minimum atomic E-state index is -0.517. The molecule has 0 bridgehead atoms. The largest absolute Gasteiger partial charge is 0.308 e. The fourth-order valence-corrected chi connectivity index (χ4v) is 1.53. The highest BCUT2D eigenvalue weighted by atomic mass is 35.5. The lowest BCUT2D eigenvalue weighted by atomic mass is 10.3. The van der Waals surface area contributed by atoms with Crippen molar-refractivity contribution in [3.63, 3.8) is 0 Å². The van der Waals surface area contributed by atoms with Crippen LogP contribution in [0.1, 0.15) is 5.69 Å². The zero-order chi connectivity index (χ0) is 13.1. The van der Waals surface area contributed by atoms with Crippen molar-refractivity contribution in [1.82, 2.24) is 14.8 Å². The number of nitro groups is 1. The molecule has 0 fully saturated rings. The lowest BCUT2D eigenvalue weighted by molar-refractivity contribution is -0.385. The van der Waals surface area contributed by atoms with E-state index >= 15 is 0 Å². The molecule has 2 heterocycles. The Kier molecular flexibility index (Phi) is 3.40. The van der Waals surface area contributed by atoms with E-state index in [1.807, 2.05) is 0 Å². The van der Waals surface area contributed by atoms with Crippen LogP contribution in [0.4, 0.5) is 11.5 Å². The Labute approximate surface area is 106 Å². The van der Waals surface area contributed by atoms with Crippen LogP contribution in [0, 0.1) is 10.1 Å². The summed E-state index contributed by atoms with van der Waals surface area (Å²) in [6.07, 6.45) is 2.47. The highest BCUT2D eigenvalue weighted by Gasteiger charge is 2.11. The number of nitrogens with one attached hydrogen (secondary N) is 1. The standard InChI is InChI=1S/C9H9ClN6O2/c10-7-1-2-9(14-11)13-8(7)5-15-4-6(3-12-15)16(17)18/h1-4H,5,11H2,(H,13,14). The summed E-state index contributed by atoms with van der Waals surface area (Å²) in [7, 11) is 0. The Morgan fingerprint density at radius 1 is 1.56 bits per heavy atom. The monoisotopic (exact) mass is 268 g/mol. The molecule has 2 aromatic rings. The molecule has 0 aliphatic heterocycles. The summed E-state index contributed by atoms with van der Waals surface area (Å²) >= 11 is 5.97. The average Bonchev–Trinajstić information content (AvgIpc) is 2.81. The number of anilines is 1. The predicted molar refractivity (Wildman–Crippen MR) is 65.0 cm³/mol. The number of nitrogens with zero attached hydrogens (tertiary/aromatic N) is 4. The smallest absolute Gasteiger partial charge is 0.307 e. The van der Waals surface area contributed by atoms with Crippen LogP contribution in [-0.2, 0) is 6.54 Å². The summed E-state index contributed by atoms with van der Waals surface area (Å²) in [5.41, 5.74) is 2.83. The van der Waals surface area contributed by atoms with Crippen LogP contribution in [0.25, 0.3) is 0 Å². The van der Waals surface area contributed by atoms with Gasteiger partial charge in [0.25, 0.3) is 0 Å². The molecule has 0 aromatic carbocycles. The molecule has 0 saturated carbocycles. The van der Waals surface area contributed by atoms with E-state index in [1.165, 1.54) is 17.1 Å². The van der Waals surface area contributed by atoms with Gasteiger partial charge in [0.15, 0.2) is 0 Å². The Hall–Kier alpha value is -2.19. The number of nitrogens with two attached hydrogens (primary N) is 1. The van der Waals surface area contributed by atoms with Crippen molar-refractivity contribution >= 4 is 23.1 Å². The van der Waals surface area contributed by atoms with Crippen LogP contribution in [0.5, 0.6) is 0 Å². The van der Waals surface area contributed by atoms with Gasteiger partial charge in [-0.25, -0.2) is 10.8 Å². The molecule has 0 radical (unpaired) electrons. The molecule has 8 nitrogen and oxygen atoms in total. The second kappa shape index (κ2) is 4.98. The van der Waals surface area contributed by atoms with Gasteiger partial charge < -0.3 is 5.43 Å². The highest BCUT2D eigenvalue weighted by molar-refractivity contribution is 6.31. The SMILES string of the molecule is NNc1ccc(Cl)c(Cn2cc([N+](=O)[O-])cn2)n1. The number of aromatic nitrogens is 3. The van der Waals surface area contributed by atoms with Gasteiger partial charge in [0, 0.05) is 0 Å². The molecule has 0 unspecified atom stereocenters. The number of rotatable bonds is 4. The third-order valence-electron chi connectivity index (χ3n) is 2.21. The average molecular weight is 269 g/mol. The molecule has 3 N–H and O–H groups in total. The van der Waals surface area contributed by atoms with E-state index in [0.717, 1.165) is 0 Å². The minimum absolute atomic E-state index is 0.0840. The van der Waals surface area contributed by atoms with Gasteiger partial charge >= 0.3 is 5.69 Å². The van der Waals surface area contributed by atoms with Gasteiger partial charge in [-0.3, -0.25) is 14.8 Å². The van der Waals surface area contributed by atoms with Crippen LogP contribution in [0.15, 0.2) is 24.5 Å². The third kappa shape index (κ3) is 2.55. The lowest BCUT2D eigenvalue weighted by Gasteiger charge is -2.06. The van der Waals surface area contributed by atoms with Crippen LogP contribution >= 0.6 is 11.6 Å². The van der Waals surface area contributed by atoms with Gasteiger partial charge in [0.05, 0.1) is 22.2 Å². The quantitative estimate of drug-likeness (QED) is 0.489. The number of nitrogen functional groups attached to an aromatic ring is 1. The first-order chi connectivity index (χ1) is 8.60. The number of hydrazine groups is 1. The molecule has 0 atom stereocenters. The summed E-state index contributed by atoms with van der Waals surface area (Å²) in [6.45, 7) is 0.224. The predicted octanol–water partition coefficient (Wildman–Crippen LogP) is 1.17. The van der Waals surface area contributed by atoms with Gasteiger partial charge in [-0.05, 0) is 12.1 Å². The fourth-order valence-electron chi connectivity index (χ4n) is 1.36. The van der Waals surface area contributed by atoms with E-state index in [-0.39, 0.29) is 12.2 Å². The lowest BCUT2D eigenvalue weighted by Crippen LogP contribution is -2.11. The molecule has 0 aliphatic rings. The first-order valence-corrected chi connectivity index (χ1v) is 5.27. The van der Waals surface area contributed by atoms with Gasteiger partial charge in [0.2, 0.25) is 0 Å². The number of hydrogen-bond acceptors (Lipinski definition) is 6. The van der Waals surface area contributed by atoms with Gasteiger partial charge in [0.1, 0.15) is 18.2 Å². The van der Waals surface area contributed by atoms with Crippen LogP contribution < -0.4 is 11.3 Å². The Morgan fingerprint density at radius 3 is 2.94 bits per heavy atom. The van der Waals surface area contributed by atoms with Gasteiger partial charge in [-0.15, -0.1) is 0 Å². The van der Waals surface area contributed by atoms with E-state index < -0.39 is 4.92 Å². The van der Waals surface area contributed by atoms with Gasteiger partial charge in [-0.1, -0.05) is 11.6 Å².